The van der Waals surface area contributed by atoms with Gasteiger partial charge in [0.1, 0.15) is 0 Å². The molecule has 56 heavy (non-hydrogen) atoms. The van der Waals surface area contributed by atoms with Gasteiger partial charge in [-0.2, -0.15) is 5.26 Å². The van der Waals surface area contributed by atoms with E-state index in [0.29, 0.717) is 5.56 Å². The molecule has 3 heterocycles. The van der Waals surface area contributed by atoms with Crippen LogP contribution < -0.4 is 0 Å². The quantitative estimate of drug-likeness (QED) is 0.176. The van der Waals surface area contributed by atoms with Crippen molar-refractivity contribution >= 4 is 75.3 Å². The van der Waals surface area contributed by atoms with Crippen molar-refractivity contribution < 1.29 is 8.42 Å². The van der Waals surface area contributed by atoms with Crippen LogP contribution in [0.5, 0.6) is 0 Å². The zero-order valence-corrected chi connectivity index (χ0v) is 30.7. The average molecular weight is 739 g/mol. The molecular weight excluding hydrogens is 709 g/mol. The van der Waals surface area contributed by atoms with Crippen LogP contribution >= 0.6 is 0 Å². The highest BCUT2D eigenvalue weighted by molar-refractivity contribution is 7.91. The van der Waals surface area contributed by atoms with Crippen LogP contribution in [0.3, 0.4) is 0 Å². The topological polar surface area (TPSA) is 72.7 Å². The van der Waals surface area contributed by atoms with Crippen molar-refractivity contribution in [3.63, 3.8) is 0 Å². The van der Waals surface area contributed by atoms with Crippen LogP contribution in [0.15, 0.2) is 192 Å². The number of aromatic nitrogens is 3. The Balaban J connectivity index is 1.25. The molecule has 0 fully saturated rings. The van der Waals surface area contributed by atoms with Crippen LogP contribution in [-0.2, 0) is 9.84 Å². The molecular formula is C49H30N4O2S. The Kier molecular flexibility index (Phi) is 6.90. The van der Waals surface area contributed by atoms with Crippen molar-refractivity contribution in [3.8, 4) is 23.1 Å². The number of nitriles is 1. The third-order valence-corrected chi connectivity index (χ3v) is 12.9. The van der Waals surface area contributed by atoms with Gasteiger partial charge in [-0.05, 0) is 109 Å². The molecule has 0 saturated heterocycles. The number of rotatable bonds is 5. The Morgan fingerprint density at radius 2 is 0.804 bits per heavy atom. The largest absolute Gasteiger partial charge is 0.309 e. The van der Waals surface area contributed by atoms with Gasteiger partial charge >= 0.3 is 0 Å². The van der Waals surface area contributed by atoms with Crippen LogP contribution in [-0.4, -0.2) is 22.1 Å². The molecule has 0 aliphatic rings. The summed E-state index contributed by atoms with van der Waals surface area (Å²) in [6.07, 6.45) is 0. The van der Waals surface area contributed by atoms with Gasteiger partial charge in [0.25, 0.3) is 0 Å². The fourth-order valence-corrected chi connectivity index (χ4v) is 9.90. The number of benzene rings is 8. The summed E-state index contributed by atoms with van der Waals surface area (Å²) in [4.78, 5) is 0.337. The number of hydrogen-bond donors (Lipinski definition) is 0. The van der Waals surface area contributed by atoms with Gasteiger partial charge in [-0.1, -0.05) is 72.8 Å². The fourth-order valence-electron chi connectivity index (χ4n) is 8.63. The lowest BCUT2D eigenvalue weighted by atomic mass is 10.0. The molecule has 6 nitrogen and oxygen atoms in total. The van der Waals surface area contributed by atoms with Crippen LogP contribution in [0.4, 0.5) is 0 Å². The molecule has 3 aromatic heterocycles. The van der Waals surface area contributed by atoms with E-state index in [2.05, 4.69) is 141 Å². The van der Waals surface area contributed by atoms with Crippen LogP contribution in [0.25, 0.3) is 82.5 Å². The van der Waals surface area contributed by atoms with E-state index in [9.17, 15) is 13.7 Å². The second-order valence-corrected chi connectivity index (χ2v) is 16.0. The number of nitrogens with zero attached hydrogens (tertiary/aromatic N) is 4. The third-order valence-electron chi connectivity index (χ3n) is 11.1. The first-order valence-electron chi connectivity index (χ1n) is 18.4. The second kappa shape index (κ2) is 12.1. The highest BCUT2D eigenvalue weighted by atomic mass is 32.2. The predicted molar refractivity (Wildman–Crippen MR) is 226 cm³/mol. The molecule has 0 spiro atoms. The summed E-state index contributed by atoms with van der Waals surface area (Å²) in [6.45, 7) is 0. The molecule has 11 aromatic rings. The molecule has 0 radical (unpaired) electrons. The van der Waals surface area contributed by atoms with Crippen molar-refractivity contribution in [2.75, 3.05) is 0 Å². The Bertz CT molecular complexity index is 3520. The summed E-state index contributed by atoms with van der Waals surface area (Å²) in [5.74, 6) is 0. The molecule has 8 aromatic carbocycles. The molecule has 0 aliphatic heterocycles. The van der Waals surface area contributed by atoms with Crippen LogP contribution in [0, 0.1) is 11.3 Å². The highest BCUT2D eigenvalue weighted by Crippen LogP contribution is 2.45. The van der Waals surface area contributed by atoms with Crippen molar-refractivity contribution in [2.24, 2.45) is 0 Å². The minimum atomic E-state index is -3.81. The van der Waals surface area contributed by atoms with E-state index in [0.717, 1.165) is 82.5 Å². The predicted octanol–water partition coefficient (Wildman–Crippen LogP) is 11.7. The van der Waals surface area contributed by atoms with Gasteiger partial charge in [-0.15, -0.1) is 0 Å². The van der Waals surface area contributed by atoms with Gasteiger partial charge in [-0.25, -0.2) is 8.42 Å². The average Bonchev–Trinajstić information content (AvgIpc) is 3.88. The second-order valence-electron chi connectivity index (χ2n) is 14.1. The summed E-state index contributed by atoms with van der Waals surface area (Å²) in [6, 6.07) is 62.4. The summed E-state index contributed by atoms with van der Waals surface area (Å²) in [7, 11) is -3.81. The molecule has 0 amide bonds. The van der Waals surface area contributed by atoms with Gasteiger partial charge in [0.15, 0.2) is 0 Å². The summed E-state index contributed by atoms with van der Waals surface area (Å²) < 4.78 is 34.4. The summed E-state index contributed by atoms with van der Waals surface area (Å²) >= 11 is 0. The number of fused-ring (bicyclic) bond motifs is 10. The number of para-hydroxylation sites is 4. The van der Waals surface area contributed by atoms with E-state index >= 15 is 0 Å². The van der Waals surface area contributed by atoms with E-state index in [4.69, 9.17) is 0 Å². The van der Waals surface area contributed by atoms with E-state index in [1.807, 2.05) is 24.3 Å². The first-order chi connectivity index (χ1) is 27.5. The molecule has 11 rings (SSSR count). The first kappa shape index (κ1) is 32.1. The lowest BCUT2D eigenvalue weighted by Gasteiger charge is -2.11. The molecule has 0 N–H and O–H groups in total. The normalized spacial score (nSPS) is 12.1. The van der Waals surface area contributed by atoms with E-state index in [-0.39, 0.29) is 9.79 Å². The Morgan fingerprint density at radius 3 is 1.41 bits per heavy atom. The molecule has 7 heteroatoms. The van der Waals surface area contributed by atoms with Crippen molar-refractivity contribution in [1.82, 2.24) is 13.7 Å². The van der Waals surface area contributed by atoms with Gasteiger partial charge in [0.05, 0.1) is 54.5 Å². The maximum absolute atomic E-state index is 13.7. The summed E-state index contributed by atoms with van der Waals surface area (Å²) in [5, 5.41) is 16.1. The van der Waals surface area contributed by atoms with Gasteiger partial charge < -0.3 is 13.7 Å². The van der Waals surface area contributed by atoms with Gasteiger partial charge in [0, 0.05) is 49.4 Å². The molecule has 0 unspecified atom stereocenters. The van der Waals surface area contributed by atoms with E-state index < -0.39 is 9.84 Å². The SMILES string of the molecule is N#Cc1ccc(S(=O)(=O)c2ccc(-n3c4cc5c6ccccc6n(-c6ccccc6)c5cc4c4c5c6ccccc6n(-c6ccccc6)c5ccc43)cc2)cc1. The van der Waals surface area contributed by atoms with E-state index in [1.54, 1.807) is 12.1 Å². The maximum Gasteiger partial charge on any atom is 0.206 e. The molecule has 0 atom stereocenters. The fraction of sp³-hybridized carbons (Fsp3) is 0. The molecule has 264 valence electrons. The van der Waals surface area contributed by atoms with Crippen molar-refractivity contribution in [3.05, 3.63) is 188 Å². The number of sulfone groups is 1. The zero-order valence-electron chi connectivity index (χ0n) is 29.8. The Morgan fingerprint density at radius 1 is 0.375 bits per heavy atom. The van der Waals surface area contributed by atoms with Crippen LogP contribution in [0.2, 0.25) is 0 Å². The van der Waals surface area contributed by atoms with E-state index in [1.165, 1.54) is 24.3 Å². The highest BCUT2D eigenvalue weighted by Gasteiger charge is 2.24. The molecule has 0 bridgehead atoms. The van der Waals surface area contributed by atoms with Gasteiger partial charge in [-0.3, -0.25) is 0 Å². The standard InChI is InChI=1S/C49H30N4O2S/c50-31-32-19-23-36(24-20-32)56(54,55)37-25-21-35(22-26-37)53-45-28-27-44-48(39-16-8-10-18-43(39)51(44)33-11-3-1-4-12-33)49(45)41-30-46-40(29-47(41)53)38-15-7-9-17-42(38)52(46)34-13-5-2-6-14-34/h1-30H. The number of hydrogen-bond acceptors (Lipinski definition) is 3. The maximum atomic E-state index is 13.7. The lowest BCUT2D eigenvalue weighted by Crippen LogP contribution is -2.03. The van der Waals surface area contributed by atoms with Crippen LogP contribution in [0.1, 0.15) is 5.56 Å². The minimum Gasteiger partial charge on any atom is -0.309 e. The minimum absolute atomic E-state index is 0.149. The van der Waals surface area contributed by atoms with Crippen molar-refractivity contribution in [1.29, 1.82) is 5.26 Å². The Labute approximate surface area is 321 Å². The van der Waals surface area contributed by atoms with Crippen molar-refractivity contribution in [2.45, 2.75) is 9.79 Å². The Hall–Kier alpha value is -7.40. The van der Waals surface area contributed by atoms with Gasteiger partial charge in [0.2, 0.25) is 9.84 Å². The lowest BCUT2D eigenvalue weighted by molar-refractivity contribution is 0.596. The zero-order chi connectivity index (χ0) is 37.5. The monoisotopic (exact) mass is 738 g/mol. The smallest absolute Gasteiger partial charge is 0.206 e. The summed E-state index contributed by atoms with van der Waals surface area (Å²) in [5.41, 5.74) is 9.95. The third kappa shape index (κ3) is 4.57. The molecule has 0 aliphatic carbocycles. The molecule has 0 saturated carbocycles. The first-order valence-corrected chi connectivity index (χ1v) is 19.9.